The average molecular weight is 414 g/mol. The molecule has 10 heteroatoms. The number of hydrogen-bond donors (Lipinski definition) is 0. The number of benzene rings is 1. The van der Waals surface area contributed by atoms with E-state index in [1.54, 1.807) is 24.5 Å². The second-order valence-electron chi connectivity index (χ2n) is 7.19. The van der Waals surface area contributed by atoms with E-state index in [1.165, 1.54) is 10.9 Å². The lowest BCUT2D eigenvalue weighted by Gasteiger charge is -2.31. The van der Waals surface area contributed by atoms with Crippen LogP contribution in [-0.2, 0) is 23.4 Å². The fourth-order valence-electron chi connectivity index (χ4n) is 3.57. The first-order chi connectivity index (χ1) is 13.9. The summed E-state index contributed by atoms with van der Waals surface area (Å²) in [4.78, 5) is 18.5. The maximum absolute atomic E-state index is 12.8. The Labute approximate surface area is 168 Å². The zero-order valence-corrected chi connectivity index (χ0v) is 16.9. The van der Waals surface area contributed by atoms with Gasteiger partial charge in [0.1, 0.15) is 6.33 Å². The number of carbonyl (C=O) groups is 1. The Kier molecular flexibility index (Phi) is 5.18. The number of rotatable bonds is 5. The van der Waals surface area contributed by atoms with Crippen molar-refractivity contribution < 1.29 is 13.2 Å². The van der Waals surface area contributed by atoms with Gasteiger partial charge in [0.15, 0.2) is 0 Å². The molecule has 29 heavy (non-hydrogen) atoms. The molecule has 0 aliphatic carbocycles. The molecule has 0 atom stereocenters. The van der Waals surface area contributed by atoms with Crippen molar-refractivity contribution in [3.63, 3.8) is 0 Å². The van der Waals surface area contributed by atoms with Crippen LogP contribution < -0.4 is 0 Å². The van der Waals surface area contributed by atoms with E-state index in [1.807, 2.05) is 35.0 Å². The smallest absolute Gasteiger partial charge is 0.253 e. The number of hydrogen-bond acceptors (Lipinski definition) is 6. The quantitative estimate of drug-likeness (QED) is 0.620. The van der Waals surface area contributed by atoms with Gasteiger partial charge < -0.3 is 14.0 Å². The van der Waals surface area contributed by atoms with Gasteiger partial charge >= 0.3 is 0 Å². The normalized spacial score (nSPS) is 15.6. The molecular weight excluding hydrogens is 392 g/mol. The minimum absolute atomic E-state index is 0.0178. The number of sulfone groups is 1. The summed E-state index contributed by atoms with van der Waals surface area (Å²) in [6.45, 7) is 1.49. The van der Waals surface area contributed by atoms with Gasteiger partial charge in [-0.3, -0.25) is 4.79 Å². The largest absolute Gasteiger partial charge is 0.339 e. The summed E-state index contributed by atoms with van der Waals surface area (Å²) in [5.74, 6) is -0.0753. The minimum Gasteiger partial charge on any atom is -0.339 e. The van der Waals surface area contributed by atoms with Crippen LogP contribution in [0.5, 0.6) is 0 Å². The van der Waals surface area contributed by atoms with Crippen LogP contribution in [0.4, 0.5) is 0 Å². The molecule has 1 fully saturated rings. The summed E-state index contributed by atoms with van der Waals surface area (Å²) in [6, 6.07) is 7.49. The highest BCUT2D eigenvalue weighted by Gasteiger charge is 2.35. The van der Waals surface area contributed by atoms with Gasteiger partial charge in [0.05, 0.1) is 11.6 Å². The molecule has 0 radical (unpaired) electrons. The SMILES string of the molecule is Cn1cnnc1S(=O)(=O)C1CCN(C(=O)c2ccc(Cn3ccnc3)cc2)CC1. The van der Waals surface area contributed by atoms with Crippen molar-refractivity contribution in [2.75, 3.05) is 13.1 Å². The summed E-state index contributed by atoms with van der Waals surface area (Å²) in [6.07, 6.45) is 7.52. The van der Waals surface area contributed by atoms with E-state index in [2.05, 4.69) is 15.2 Å². The molecule has 0 bridgehead atoms. The van der Waals surface area contributed by atoms with Crippen molar-refractivity contribution >= 4 is 15.7 Å². The van der Waals surface area contributed by atoms with Crippen molar-refractivity contribution in [3.8, 4) is 0 Å². The van der Waals surface area contributed by atoms with Gasteiger partial charge in [0.2, 0.25) is 15.0 Å². The molecular formula is C19H22N6O3S. The van der Waals surface area contributed by atoms with Gasteiger partial charge in [-0.25, -0.2) is 13.4 Å². The van der Waals surface area contributed by atoms with Crippen LogP contribution in [0.15, 0.2) is 54.5 Å². The Hall–Kier alpha value is -3.01. The highest BCUT2D eigenvalue weighted by atomic mass is 32.2. The molecule has 1 aromatic carbocycles. The van der Waals surface area contributed by atoms with Gasteiger partial charge in [-0.05, 0) is 30.5 Å². The third-order valence-corrected chi connectivity index (χ3v) is 7.45. The molecule has 3 heterocycles. The van der Waals surface area contributed by atoms with E-state index >= 15 is 0 Å². The van der Waals surface area contributed by atoms with Crippen LogP contribution in [-0.4, -0.2) is 61.9 Å². The fourth-order valence-corrected chi connectivity index (χ4v) is 5.31. The Morgan fingerprint density at radius 1 is 1.14 bits per heavy atom. The number of nitrogens with zero attached hydrogens (tertiary/aromatic N) is 6. The molecule has 0 unspecified atom stereocenters. The number of amides is 1. The fraction of sp³-hybridized carbons (Fsp3) is 0.368. The van der Waals surface area contributed by atoms with Crippen LogP contribution in [0, 0.1) is 0 Å². The molecule has 0 N–H and O–H groups in total. The molecule has 0 spiro atoms. The van der Waals surface area contributed by atoms with E-state index in [0.717, 1.165) is 5.56 Å². The first kappa shape index (κ1) is 19.3. The standard InChI is InChI=1S/C19H22N6O3S/c1-23-14-21-22-19(23)29(27,28)17-6-9-25(10-7-17)18(26)16-4-2-15(3-5-16)12-24-11-8-20-13-24/h2-5,8,11,13-14,17H,6-7,9-10,12H2,1H3. The Morgan fingerprint density at radius 2 is 1.86 bits per heavy atom. The number of aromatic nitrogens is 5. The van der Waals surface area contributed by atoms with E-state index in [-0.39, 0.29) is 11.1 Å². The van der Waals surface area contributed by atoms with Crippen LogP contribution in [0.25, 0.3) is 0 Å². The Bertz CT molecular complexity index is 1080. The highest BCUT2D eigenvalue weighted by Crippen LogP contribution is 2.24. The number of carbonyl (C=O) groups excluding carboxylic acids is 1. The third-order valence-electron chi connectivity index (χ3n) is 5.22. The number of piperidine rings is 1. The highest BCUT2D eigenvalue weighted by molar-refractivity contribution is 7.91. The first-order valence-corrected chi connectivity index (χ1v) is 10.9. The van der Waals surface area contributed by atoms with E-state index in [9.17, 15) is 13.2 Å². The number of imidazole rings is 1. The molecule has 4 rings (SSSR count). The minimum atomic E-state index is -3.55. The molecule has 9 nitrogen and oxygen atoms in total. The summed E-state index contributed by atoms with van der Waals surface area (Å²) < 4.78 is 28.9. The zero-order chi connectivity index (χ0) is 20.4. The summed E-state index contributed by atoms with van der Waals surface area (Å²) in [5.41, 5.74) is 1.68. The molecule has 0 saturated carbocycles. The molecule has 1 aliphatic rings. The zero-order valence-electron chi connectivity index (χ0n) is 16.0. The van der Waals surface area contributed by atoms with Crippen molar-refractivity contribution in [2.24, 2.45) is 7.05 Å². The second kappa shape index (κ2) is 7.78. The molecule has 1 aliphatic heterocycles. The first-order valence-electron chi connectivity index (χ1n) is 9.37. The van der Waals surface area contributed by atoms with Gasteiger partial charge in [-0.2, -0.15) is 0 Å². The van der Waals surface area contributed by atoms with Crippen LogP contribution in [0.2, 0.25) is 0 Å². The van der Waals surface area contributed by atoms with Crippen LogP contribution >= 0.6 is 0 Å². The monoisotopic (exact) mass is 414 g/mol. The van der Waals surface area contributed by atoms with Gasteiger partial charge in [0.25, 0.3) is 5.91 Å². The van der Waals surface area contributed by atoms with Crippen molar-refractivity contribution in [1.82, 2.24) is 29.2 Å². The Morgan fingerprint density at radius 3 is 2.45 bits per heavy atom. The lowest BCUT2D eigenvalue weighted by Crippen LogP contribution is -2.42. The second-order valence-corrected chi connectivity index (χ2v) is 9.31. The van der Waals surface area contributed by atoms with Crippen molar-refractivity contribution in [2.45, 2.75) is 29.8 Å². The molecule has 1 saturated heterocycles. The lowest BCUT2D eigenvalue weighted by atomic mass is 10.1. The number of likely N-dealkylation sites (tertiary alicyclic amines) is 1. The Balaban J connectivity index is 1.38. The summed E-state index contributed by atoms with van der Waals surface area (Å²) in [5, 5.41) is 6.83. The molecule has 3 aromatic rings. The maximum atomic E-state index is 12.8. The third kappa shape index (κ3) is 3.93. The van der Waals surface area contributed by atoms with Gasteiger partial charge in [-0.1, -0.05) is 12.1 Å². The van der Waals surface area contributed by atoms with E-state index < -0.39 is 15.1 Å². The topological polar surface area (TPSA) is 103 Å². The predicted octanol–water partition coefficient (Wildman–Crippen LogP) is 1.14. The van der Waals surface area contributed by atoms with Gasteiger partial charge in [0, 0.05) is 44.6 Å². The molecule has 1 amide bonds. The number of aryl methyl sites for hydroxylation is 1. The van der Waals surface area contributed by atoms with Crippen LogP contribution in [0.3, 0.4) is 0 Å². The molecule has 2 aromatic heterocycles. The summed E-state index contributed by atoms with van der Waals surface area (Å²) >= 11 is 0. The van der Waals surface area contributed by atoms with Crippen LogP contribution in [0.1, 0.15) is 28.8 Å². The predicted molar refractivity (Wildman–Crippen MR) is 105 cm³/mol. The van der Waals surface area contributed by atoms with Gasteiger partial charge in [-0.15, -0.1) is 10.2 Å². The van der Waals surface area contributed by atoms with E-state index in [4.69, 9.17) is 0 Å². The van der Waals surface area contributed by atoms with E-state index in [0.29, 0.717) is 38.0 Å². The maximum Gasteiger partial charge on any atom is 0.253 e. The lowest BCUT2D eigenvalue weighted by molar-refractivity contribution is 0.0725. The molecule has 152 valence electrons. The summed E-state index contributed by atoms with van der Waals surface area (Å²) in [7, 11) is -1.94. The average Bonchev–Trinajstić information content (AvgIpc) is 3.40. The van der Waals surface area contributed by atoms with Crippen molar-refractivity contribution in [1.29, 1.82) is 0 Å². The van der Waals surface area contributed by atoms with Crippen molar-refractivity contribution in [3.05, 3.63) is 60.4 Å².